The van der Waals surface area contributed by atoms with Crippen molar-refractivity contribution in [2.45, 2.75) is 6.92 Å². The van der Waals surface area contributed by atoms with Crippen LogP contribution in [0.25, 0.3) is 6.08 Å². The minimum Gasteiger partial charge on any atom is -0.478 e. The molecule has 5 heteroatoms. The smallest absolute Gasteiger partial charge is 0.328 e. The van der Waals surface area contributed by atoms with Gasteiger partial charge in [-0.2, -0.15) is 0 Å². The van der Waals surface area contributed by atoms with Gasteiger partial charge in [-0.1, -0.05) is 6.07 Å². The summed E-state index contributed by atoms with van der Waals surface area (Å²) in [6.07, 6.45) is 5.37. The number of carbonyl (C=O) groups is 2. The zero-order valence-corrected chi connectivity index (χ0v) is 10.8. The van der Waals surface area contributed by atoms with Crippen molar-refractivity contribution in [3.63, 3.8) is 0 Å². The zero-order valence-electron chi connectivity index (χ0n) is 10.8. The molecule has 1 amide bonds. The van der Waals surface area contributed by atoms with Crippen molar-refractivity contribution < 1.29 is 19.1 Å². The number of aliphatic carboxylic acids is 1. The Morgan fingerprint density at radius 1 is 1.30 bits per heavy atom. The second kappa shape index (κ2) is 5.88. The molecule has 0 radical (unpaired) electrons. The van der Waals surface area contributed by atoms with Gasteiger partial charge in [0.25, 0.3) is 5.91 Å². The highest BCUT2D eigenvalue weighted by Crippen LogP contribution is 2.18. The average Bonchev–Trinajstić information content (AvgIpc) is 2.93. The number of furan rings is 1. The van der Waals surface area contributed by atoms with Crippen molar-refractivity contribution in [1.29, 1.82) is 0 Å². The topological polar surface area (TPSA) is 79.5 Å². The van der Waals surface area contributed by atoms with Crippen LogP contribution in [0.4, 0.5) is 5.69 Å². The molecule has 20 heavy (non-hydrogen) atoms. The van der Waals surface area contributed by atoms with Crippen LogP contribution in [0.2, 0.25) is 0 Å². The molecule has 0 aliphatic rings. The molecule has 0 saturated heterocycles. The fourth-order valence-corrected chi connectivity index (χ4v) is 1.69. The van der Waals surface area contributed by atoms with Crippen molar-refractivity contribution in [2.24, 2.45) is 0 Å². The highest BCUT2D eigenvalue weighted by atomic mass is 16.4. The summed E-state index contributed by atoms with van der Waals surface area (Å²) in [4.78, 5) is 22.3. The van der Waals surface area contributed by atoms with Gasteiger partial charge in [0.2, 0.25) is 0 Å². The number of carboxylic acid groups (broad SMARTS) is 1. The van der Waals surface area contributed by atoms with E-state index in [4.69, 9.17) is 9.52 Å². The van der Waals surface area contributed by atoms with Crippen LogP contribution in [-0.2, 0) is 4.79 Å². The van der Waals surface area contributed by atoms with Crippen molar-refractivity contribution in [3.8, 4) is 0 Å². The molecule has 0 atom stereocenters. The second-order valence-electron chi connectivity index (χ2n) is 4.21. The average molecular weight is 271 g/mol. The molecule has 0 saturated carbocycles. The van der Waals surface area contributed by atoms with Gasteiger partial charge in [0.1, 0.15) is 6.26 Å². The van der Waals surface area contributed by atoms with Crippen LogP contribution in [-0.4, -0.2) is 17.0 Å². The Morgan fingerprint density at radius 3 is 2.70 bits per heavy atom. The lowest BCUT2D eigenvalue weighted by Crippen LogP contribution is -2.11. The van der Waals surface area contributed by atoms with E-state index in [0.29, 0.717) is 11.3 Å². The first-order valence-corrected chi connectivity index (χ1v) is 5.91. The number of amides is 1. The molecule has 0 fully saturated rings. The van der Waals surface area contributed by atoms with Gasteiger partial charge in [0, 0.05) is 11.8 Å². The van der Waals surface area contributed by atoms with Gasteiger partial charge < -0.3 is 14.8 Å². The molecule has 1 aromatic carbocycles. The number of carboxylic acids is 1. The summed E-state index contributed by atoms with van der Waals surface area (Å²) in [5.41, 5.74) is 2.71. The maximum Gasteiger partial charge on any atom is 0.328 e. The van der Waals surface area contributed by atoms with E-state index >= 15 is 0 Å². The van der Waals surface area contributed by atoms with E-state index in [1.165, 1.54) is 18.6 Å². The van der Waals surface area contributed by atoms with Crippen LogP contribution in [0.5, 0.6) is 0 Å². The standard InChI is InChI=1S/C15H13NO4/c1-10-8-11(3-5-14(17)18)2-4-13(10)16-15(19)12-6-7-20-9-12/h2-9H,1H3,(H,16,19)(H,17,18). The lowest BCUT2D eigenvalue weighted by Gasteiger charge is -2.08. The molecule has 2 rings (SSSR count). The lowest BCUT2D eigenvalue weighted by atomic mass is 10.1. The maximum absolute atomic E-state index is 11.9. The summed E-state index contributed by atoms with van der Waals surface area (Å²) in [7, 11) is 0. The van der Waals surface area contributed by atoms with E-state index in [0.717, 1.165) is 17.2 Å². The third kappa shape index (κ3) is 3.35. The predicted octanol–water partition coefficient (Wildman–Crippen LogP) is 2.94. The van der Waals surface area contributed by atoms with Crippen LogP contribution >= 0.6 is 0 Å². The van der Waals surface area contributed by atoms with E-state index in [9.17, 15) is 9.59 Å². The van der Waals surface area contributed by atoms with Crippen LogP contribution in [0.3, 0.4) is 0 Å². The summed E-state index contributed by atoms with van der Waals surface area (Å²) in [5, 5.41) is 11.3. The lowest BCUT2D eigenvalue weighted by molar-refractivity contribution is -0.131. The summed E-state index contributed by atoms with van der Waals surface area (Å²) in [6.45, 7) is 1.84. The number of rotatable bonds is 4. The third-order valence-electron chi connectivity index (χ3n) is 2.70. The first kappa shape index (κ1) is 13.6. The molecule has 0 unspecified atom stereocenters. The Kier molecular flexibility index (Phi) is 4.00. The number of hydrogen-bond donors (Lipinski definition) is 2. The molecule has 1 aromatic heterocycles. The molecule has 102 valence electrons. The molecular formula is C15H13NO4. The predicted molar refractivity (Wildman–Crippen MR) is 74.5 cm³/mol. The van der Waals surface area contributed by atoms with Crippen molar-refractivity contribution in [1.82, 2.24) is 0 Å². The van der Waals surface area contributed by atoms with E-state index in [1.807, 2.05) is 6.92 Å². The third-order valence-corrected chi connectivity index (χ3v) is 2.70. The highest BCUT2D eigenvalue weighted by molar-refractivity contribution is 6.04. The highest BCUT2D eigenvalue weighted by Gasteiger charge is 2.08. The number of nitrogens with one attached hydrogen (secondary N) is 1. The van der Waals surface area contributed by atoms with Gasteiger partial charge in [-0.25, -0.2) is 4.79 Å². The first-order valence-electron chi connectivity index (χ1n) is 5.91. The number of hydrogen-bond acceptors (Lipinski definition) is 3. The van der Waals surface area contributed by atoms with Gasteiger partial charge in [-0.05, 0) is 42.3 Å². The quantitative estimate of drug-likeness (QED) is 0.838. The summed E-state index contributed by atoms with van der Waals surface area (Å²) >= 11 is 0. The minimum atomic E-state index is -1.00. The maximum atomic E-state index is 11.9. The van der Waals surface area contributed by atoms with Gasteiger partial charge in [-0.15, -0.1) is 0 Å². The Balaban J connectivity index is 2.14. The normalized spacial score (nSPS) is 10.7. The van der Waals surface area contributed by atoms with Gasteiger partial charge >= 0.3 is 5.97 Å². The van der Waals surface area contributed by atoms with Crippen LogP contribution in [0, 0.1) is 6.92 Å². The summed E-state index contributed by atoms with van der Waals surface area (Å²) < 4.78 is 4.85. The van der Waals surface area contributed by atoms with Gasteiger partial charge in [0.05, 0.1) is 11.8 Å². The summed E-state index contributed by atoms with van der Waals surface area (Å²) in [5.74, 6) is -1.25. The Bertz CT molecular complexity index is 657. The Hall–Kier alpha value is -2.82. The molecule has 2 aromatic rings. The van der Waals surface area contributed by atoms with E-state index in [-0.39, 0.29) is 5.91 Å². The first-order chi connectivity index (χ1) is 9.56. The Labute approximate surface area is 115 Å². The molecule has 0 aliphatic carbocycles. The number of aryl methyl sites for hydroxylation is 1. The zero-order chi connectivity index (χ0) is 14.5. The monoisotopic (exact) mass is 271 g/mol. The largest absolute Gasteiger partial charge is 0.478 e. The van der Waals surface area contributed by atoms with E-state index in [2.05, 4.69) is 5.32 Å². The number of benzene rings is 1. The molecule has 5 nitrogen and oxygen atoms in total. The van der Waals surface area contributed by atoms with Crippen molar-refractivity contribution >= 4 is 23.6 Å². The van der Waals surface area contributed by atoms with Gasteiger partial charge in [-0.3, -0.25) is 4.79 Å². The molecule has 1 heterocycles. The van der Waals surface area contributed by atoms with Crippen molar-refractivity contribution in [2.75, 3.05) is 5.32 Å². The fraction of sp³-hybridized carbons (Fsp3) is 0.0667. The molecule has 0 aliphatic heterocycles. The van der Waals surface area contributed by atoms with E-state index in [1.54, 1.807) is 24.3 Å². The van der Waals surface area contributed by atoms with Crippen molar-refractivity contribution in [3.05, 3.63) is 59.6 Å². The summed E-state index contributed by atoms with van der Waals surface area (Å²) in [6, 6.07) is 6.84. The SMILES string of the molecule is Cc1cc(C=CC(=O)O)ccc1NC(=O)c1ccoc1. The van der Waals surface area contributed by atoms with Gasteiger partial charge in [0.15, 0.2) is 0 Å². The molecule has 0 bridgehead atoms. The van der Waals surface area contributed by atoms with Crippen LogP contribution < -0.4 is 5.32 Å². The minimum absolute atomic E-state index is 0.254. The number of carbonyl (C=O) groups excluding carboxylic acids is 1. The molecule has 0 spiro atoms. The number of anilines is 1. The van der Waals surface area contributed by atoms with E-state index < -0.39 is 5.97 Å². The molecular weight excluding hydrogens is 258 g/mol. The Morgan fingerprint density at radius 2 is 2.10 bits per heavy atom. The van der Waals surface area contributed by atoms with Crippen LogP contribution in [0.15, 0.2) is 47.3 Å². The molecule has 2 N–H and O–H groups in total. The fourth-order valence-electron chi connectivity index (χ4n) is 1.69. The van der Waals surface area contributed by atoms with Crippen LogP contribution in [0.1, 0.15) is 21.5 Å². The second-order valence-corrected chi connectivity index (χ2v) is 4.21.